The van der Waals surface area contributed by atoms with Crippen LogP contribution in [-0.4, -0.2) is 23.3 Å². The van der Waals surface area contributed by atoms with Gasteiger partial charge in [-0.3, -0.25) is 9.59 Å². The predicted molar refractivity (Wildman–Crippen MR) is 74.5 cm³/mol. The van der Waals surface area contributed by atoms with Crippen LogP contribution < -0.4 is 11.1 Å². The molecule has 1 aromatic carbocycles. The van der Waals surface area contributed by atoms with Crippen molar-refractivity contribution < 1.29 is 22.8 Å². The van der Waals surface area contributed by atoms with E-state index >= 15 is 0 Å². The Labute approximate surface area is 124 Å². The van der Waals surface area contributed by atoms with Crippen LogP contribution in [0.3, 0.4) is 0 Å². The zero-order valence-corrected chi connectivity index (χ0v) is 12.1. The van der Waals surface area contributed by atoms with E-state index in [1.54, 1.807) is 0 Å². The molecule has 21 heavy (non-hydrogen) atoms. The molecule has 2 amide bonds. The van der Waals surface area contributed by atoms with Crippen LogP contribution in [-0.2, 0) is 15.8 Å². The molecule has 4 nitrogen and oxygen atoms in total. The number of rotatable bonds is 6. The Morgan fingerprint density at radius 2 is 1.90 bits per heavy atom. The van der Waals surface area contributed by atoms with Crippen molar-refractivity contribution in [2.45, 2.75) is 19.1 Å². The third-order valence-electron chi connectivity index (χ3n) is 2.59. The molecular formula is C13H15F3N2O2S. The SMILES string of the molecule is C[C@H](NC(=O)CSCC(N)=O)c1ccccc1C(F)(F)F. The van der Waals surface area contributed by atoms with E-state index in [4.69, 9.17) is 5.73 Å². The average molecular weight is 320 g/mol. The van der Waals surface area contributed by atoms with Gasteiger partial charge in [-0.25, -0.2) is 0 Å². The monoisotopic (exact) mass is 320 g/mol. The molecule has 0 heterocycles. The molecule has 1 atom stereocenters. The van der Waals surface area contributed by atoms with Gasteiger partial charge >= 0.3 is 6.18 Å². The third-order valence-corrected chi connectivity index (χ3v) is 3.54. The highest BCUT2D eigenvalue weighted by atomic mass is 32.2. The lowest BCUT2D eigenvalue weighted by molar-refractivity contribution is -0.138. The molecule has 0 aromatic heterocycles. The topological polar surface area (TPSA) is 72.2 Å². The highest BCUT2D eigenvalue weighted by molar-refractivity contribution is 8.00. The summed E-state index contributed by atoms with van der Waals surface area (Å²) >= 11 is 1.01. The van der Waals surface area contributed by atoms with Crippen LogP contribution in [0.15, 0.2) is 24.3 Å². The number of hydrogen-bond acceptors (Lipinski definition) is 3. The molecule has 0 aliphatic heterocycles. The van der Waals surface area contributed by atoms with Gasteiger partial charge in [0.15, 0.2) is 0 Å². The van der Waals surface area contributed by atoms with Crippen molar-refractivity contribution in [3.8, 4) is 0 Å². The summed E-state index contributed by atoms with van der Waals surface area (Å²) in [7, 11) is 0. The van der Waals surface area contributed by atoms with Crippen LogP contribution in [0.1, 0.15) is 24.1 Å². The Morgan fingerprint density at radius 1 is 1.29 bits per heavy atom. The molecule has 0 saturated carbocycles. The number of nitrogens with one attached hydrogen (secondary N) is 1. The van der Waals surface area contributed by atoms with Crippen molar-refractivity contribution in [3.05, 3.63) is 35.4 Å². The molecule has 1 rings (SSSR count). The number of alkyl halides is 3. The summed E-state index contributed by atoms with van der Waals surface area (Å²) in [4.78, 5) is 22.1. The Morgan fingerprint density at radius 3 is 2.48 bits per heavy atom. The summed E-state index contributed by atoms with van der Waals surface area (Å²) in [6, 6.07) is 4.28. The molecule has 1 aromatic rings. The van der Waals surface area contributed by atoms with Gasteiger partial charge < -0.3 is 11.1 Å². The number of hydrogen-bond donors (Lipinski definition) is 2. The molecule has 3 N–H and O–H groups in total. The predicted octanol–water partition coefficient (Wildman–Crippen LogP) is 2.10. The summed E-state index contributed by atoms with van der Waals surface area (Å²) < 4.78 is 38.6. The van der Waals surface area contributed by atoms with E-state index in [1.165, 1.54) is 25.1 Å². The molecule has 8 heteroatoms. The lowest BCUT2D eigenvalue weighted by Gasteiger charge is -2.19. The molecule has 0 spiro atoms. The van der Waals surface area contributed by atoms with E-state index in [0.717, 1.165) is 17.8 Å². The van der Waals surface area contributed by atoms with E-state index in [9.17, 15) is 22.8 Å². The zero-order valence-electron chi connectivity index (χ0n) is 11.2. The van der Waals surface area contributed by atoms with Gasteiger partial charge in [-0.1, -0.05) is 18.2 Å². The van der Waals surface area contributed by atoms with E-state index in [1.807, 2.05) is 0 Å². The van der Waals surface area contributed by atoms with Crippen LogP contribution in [0.25, 0.3) is 0 Å². The highest BCUT2D eigenvalue weighted by Gasteiger charge is 2.34. The van der Waals surface area contributed by atoms with Crippen molar-refractivity contribution in [2.75, 3.05) is 11.5 Å². The second kappa shape index (κ2) is 7.35. The van der Waals surface area contributed by atoms with Gasteiger partial charge in [-0.05, 0) is 18.6 Å². The first-order valence-corrected chi connectivity index (χ1v) is 7.19. The van der Waals surface area contributed by atoms with Crippen molar-refractivity contribution in [3.63, 3.8) is 0 Å². The van der Waals surface area contributed by atoms with Gasteiger partial charge in [0.05, 0.1) is 23.1 Å². The Bertz CT molecular complexity index is 520. The summed E-state index contributed by atoms with van der Waals surface area (Å²) in [6.45, 7) is 1.47. The molecular weight excluding hydrogens is 305 g/mol. The van der Waals surface area contributed by atoms with Crippen molar-refractivity contribution >= 4 is 23.6 Å². The fraction of sp³-hybridized carbons (Fsp3) is 0.385. The van der Waals surface area contributed by atoms with Gasteiger partial charge in [0.2, 0.25) is 11.8 Å². The molecule has 0 aliphatic carbocycles. The van der Waals surface area contributed by atoms with Crippen molar-refractivity contribution in [1.82, 2.24) is 5.32 Å². The number of halogens is 3. The first-order chi connectivity index (χ1) is 9.71. The van der Waals surface area contributed by atoms with Crippen LogP contribution >= 0.6 is 11.8 Å². The normalized spacial score (nSPS) is 12.8. The summed E-state index contributed by atoms with van der Waals surface area (Å²) in [5.74, 6) is -1.06. The number of nitrogens with two attached hydrogens (primary N) is 1. The number of primary amides is 1. The number of thioether (sulfide) groups is 1. The maximum Gasteiger partial charge on any atom is 0.416 e. The second-order valence-electron chi connectivity index (χ2n) is 4.33. The highest BCUT2D eigenvalue weighted by Crippen LogP contribution is 2.34. The van der Waals surface area contributed by atoms with Gasteiger partial charge in [0.1, 0.15) is 0 Å². The fourth-order valence-corrected chi connectivity index (χ4v) is 2.31. The zero-order chi connectivity index (χ0) is 16.0. The maximum atomic E-state index is 12.9. The smallest absolute Gasteiger partial charge is 0.369 e. The minimum absolute atomic E-state index is 0.00162. The van der Waals surface area contributed by atoms with Crippen LogP contribution in [0, 0.1) is 0 Å². The average Bonchev–Trinajstić information content (AvgIpc) is 2.37. The number of benzene rings is 1. The minimum atomic E-state index is -4.48. The standard InChI is InChI=1S/C13H15F3N2O2S/c1-8(18-12(20)7-21-6-11(17)19)9-4-2-3-5-10(9)13(14,15)16/h2-5,8H,6-7H2,1H3,(H2,17,19)(H,18,20)/t8-/m0/s1. The lowest BCUT2D eigenvalue weighted by Crippen LogP contribution is -2.30. The maximum absolute atomic E-state index is 12.9. The third kappa shape index (κ3) is 5.66. The number of amides is 2. The largest absolute Gasteiger partial charge is 0.416 e. The lowest BCUT2D eigenvalue weighted by atomic mass is 10.0. The molecule has 0 fully saturated rings. The molecule has 0 saturated heterocycles. The van der Waals surface area contributed by atoms with Crippen LogP contribution in [0.5, 0.6) is 0 Å². The Hall–Kier alpha value is -1.70. The molecule has 0 unspecified atom stereocenters. The minimum Gasteiger partial charge on any atom is -0.369 e. The van der Waals surface area contributed by atoms with E-state index in [-0.39, 0.29) is 17.1 Å². The molecule has 0 bridgehead atoms. The Balaban J connectivity index is 2.70. The Kier molecular flexibility index (Phi) is 6.07. The summed E-state index contributed by atoms with van der Waals surface area (Å²) in [5.41, 5.74) is 4.15. The van der Waals surface area contributed by atoms with Crippen molar-refractivity contribution in [1.29, 1.82) is 0 Å². The second-order valence-corrected chi connectivity index (χ2v) is 5.32. The molecule has 0 radical (unpaired) electrons. The van der Waals surface area contributed by atoms with E-state index in [0.29, 0.717) is 0 Å². The van der Waals surface area contributed by atoms with Crippen molar-refractivity contribution in [2.24, 2.45) is 5.73 Å². The van der Waals surface area contributed by atoms with E-state index < -0.39 is 29.6 Å². The fourth-order valence-electron chi connectivity index (χ4n) is 1.74. The van der Waals surface area contributed by atoms with Gasteiger partial charge in [0, 0.05) is 0 Å². The first kappa shape index (κ1) is 17.4. The van der Waals surface area contributed by atoms with Gasteiger partial charge in [-0.2, -0.15) is 13.2 Å². The van der Waals surface area contributed by atoms with Gasteiger partial charge in [0.25, 0.3) is 0 Å². The molecule has 0 aliphatic rings. The van der Waals surface area contributed by atoms with E-state index in [2.05, 4.69) is 5.32 Å². The van der Waals surface area contributed by atoms with Gasteiger partial charge in [-0.15, -0.1) is 11.8 Å². The summed E-state index contributed by atoms with van der Waals surface area (Å²) in [5, 5.41) is 2.47. The molecule has 116 valence electrons. The summed E-state index contributed by atoms with van der Waals surface area (Å²) in [6.07, 6.45) is -4.48. The van der Waals surface area contributed by atoms with Crippen LogP contribution in [0.2, 0.25) is 0 Å². The first-order valence-electron chi connectivity index (χ1n) is 6.03. The van der Waals surface area contributed by atoms with Crippen LogP contribution in [0.4, 0.5) is 13.2 Å². The number of carbonyl (C=O) groups excluding carboxylic acids is 2. The number of carbonyl (C=O) groups is 2. The quantitative estimate of drug-likeness (QED) is 0.843.